The molecule has 164 valence electrons. The van der Waals surface area contributed by atoms with Gasteiger partial charge in [-0.15, -0.1) is 0 Å². The highest BCUT2D eigenvalue weighted by molar-refractivity contribution is 7.89. The molecule has 1 aliphatic heterocycles. The van der Waals surface area contributed by atoms with Crippen molar-refractivity contribution in [3.05, 3.63) is 63.5 Å². The number of sulfonamides is 1. The molecular weight excluding hydrogens is 441 g/mol. The predicted molar refractivity (Wildman–Crippen MR) is 117 cm³/mol. The molecule has 0 bridgehead atoms. The number of piperidine rings is 1. The van der Waals surface area contributed by atoms with Crippen LogP contribution in [0.15, 0.2) is 52.2 Å². The van der Waals surface area contributed by atoms with Gasteiger partial charge in [-0.2, -0.15) is 4.31 Å². The number of amides is 1. The summed E-state index contributed by atoms with van der Waals surface area (Å²) in [5, 5.41) is 2.84. The Balaban J connectivity index is 1.38. The summed E-state index contributed by atoms with van der Waals surface area (Å²) in [6.07, 6.45) is 0.852. The van der Waals surface area contributed by atoms with Crippen molar-refractivity contribution in [3.63, 3.8) is 0 Å². The molecule has 3 aromatic rings. The van der Waals surface area contributed by atoms with E-state index >= 15 is 0 Å². The maximum Gasteiger partial charge on any atom is 0.307 e. The summed E-state index contributed by atoms with van der Waals surface area (Å²) in [5.74, 6) is -0.727. The number of carbonyl (C=O) groups excluding carboxylic acids is 1. The number of halogens is 1. The average Bonchev–Trinajstić information content (AvgIpc) is 3.06. The molecule has 7 nitrogen and oxygen atoms in total. The summed E-state index contributed by atoms with van der Waals surface area (Å²) in [4.78, 5) is 24.3. The second-order valence-electron chi connectivity index (χ2n) is 7.58. The van der Waals surface area contributed by atoms with Crippen molar-refractivity contribution in [1.82, 2.24) is 14.2 Å². The van der Waals surface area contributed by atoms with Crippen molar-refractivity contribution < 1.29 is 17.6 Å². The van der Waals surface area contributed by atoms with Crippen LogP contribution in [0.3, 0.4) is 0 Å². The molecule has 2 aromatic carbocycles. The summed E-state index contributed by atoms with van der Waals surface area (Å²) >= 11 is 1.02. The van der Waals surface area contributed by atoms with E-state index in [-0.39, 0.29) is 40.5 Å². The van der Waals surface area contributed by atoms with Gasteiger partial charge in [0.2, 0.25) is 15.9 Å². The van der Waals surface area contributed by atoms with Gasteiger partial charge in [0, 0.05) is 32.6 Å². The zero-order chi connectivity index (χ0) is 22.2. The molecule has 1 aromatic heterocycles. The van der Waals surface area contributed by atoms with Crippen molar-refractivity contribution in [3.8, 4) is 0 Å². The van der Waals surface area contributed by atoms with Crippen LogP contribution in [0.25, 0.3) is 10.2 Å². The van der Waals surface area contributed by atoms with Gasteiger partial charge in [-0.3, -0.25) is 9.59 Å². The molecule has 4 rings (SSSR count). The number of hydrogen-bond acceptors (Lipinski definition) is 5. The van der Waals surface area contributed by atoms with Crippen LogP contribution >= 0.6 is 11.3 Å². The molecule has 0 saturated carbocycles. The van der Waals surface area contributed by atoms with E-state index in [1.165, 1.54) is 33.1 Å². The Morgan fingerprint density at radius 2 is 1.84 bits per heavy atom. The fraction of sp³-hybridized carbons (Fsp3) is 0.333. The van der Waals surface area contributed by atoms with E-state index in [1.54, 1.807) is 25.2 Å². The lowest BCUT2D eigenvalue weighted by Crippen LogP contribution is -2.42. The summed E-state index contributed by atoms with van der Waals surface area (Å²) in [7, 11) is -2.05. The van der Waals surface area contributed by atoms with E-state index < -0.39 is 10.0 Å². The molecule has 0 unspecified atom stereocenters. The monoisotopic (exact) mass is 463 g/mol. The number of rotatable bonds is 5. The van der Waals surface area contributed by atoms with Gasteiger partial charge in [0.1, 0.15) is 5.82 Å². The molecular formula is C21H22FN3O4S2. The van der Waals surface area contributed by atoms with Gasteiger partial charge in [0.15, 0.2) is 0 Å². The normalized spacial score (nSPS) is 15.9. The fourth-order valence-electron chi connectivity index (χ4n) is 3.72. The zero-order valence-corrected chi connectivity index (χ0v) is 18.5. The van der Waals surface area contributed by atoms with Crippen LogP contribution in [0.5, 0.6) is 0 Å². The topological polar surface area (TPSA) is 88.5 Å². The third-order valence-corrected chi connectivity index (χ3v) is 8.50. The van der Waals surface area contributed by atoms with Crippen molar-refractivity contribution >= 4 is 37.5 Å². The van der Waals surface area contributed by atoms with Crippen molar-refractivity contribution in [1.29, 1.82) is 0 Å². The first-order valence-electron chi connectivity index (χ1n) is 9.87. The van der Waals surface area contributed by atoms with E-state index in [1.807, 2.05) is 0 Å². The first-order chi connectivity index (χ1) is 14.8. The summed E-state index contributed by atoms with van der Waals surface area (Å²) in [5.41, 5.74) is 1.50. The molecule has 0 radical (unpaired) electrons. The maximum atomic E-state index is 13.1. The Morgan fingerprint density at radius 1 is 1.16 bits per heavy atom. The highest BCUT2D eigenvalue weighted by Crippen LogP contribution is 2.27. The molecule has 1 N–H and O–H groups in total. The second kappa shape index (κ2) is 8.52. The predicted octanol–water partition coefficient (Wildman–Crippen LogP) is 2.46. The molecule has 1 fully saturated rings. The third-order valence-electron chi connectivity index (χ3n) is 5.61. The SMILES string of the molecule is Cn1c(=O)sc2cc(S(=O)(=O)N3CCC(C(=O)NCc4ccc(F)cc4)CC3)ccc21. The molecule has 2 heterocycles. The number of aryl methyl sites for hydroxylation is 1. The lowest BCUT2D eigenvalue weighted by atomic mass is 9.97. The Morgan fingerprint density at radius 3 is 2.52 bits per heavy atom. The van der Waals surface area contributed by atoms with Crippen LogP contribution < -0.4 is 10.2 Å². The Bertz CT molecular complexity index is 1270. The minimum absolute atomic E-state index is 0.128. The van der Waals surface area contributed by atoms with Gasteiger partial charge in [0.05, 0.1) is 15.1 Å². The number of hydrogen-bond donors (Lipinski definition) is 1. The number of nitrogens with one attached hydrogen (secondary N) is 1. The molecule has 1 saturated heterocycles. The van der Waals surface area contributed by atoms with Crippen LogP contribution in [0, 0.1) is 11.7 Å². The average molecular weight is 464 g/mol. The first-order valence-corrected chi connectivity index (χ1v) is 12.1. The number of thiazole rings is 1. The quantitative estimate of drug-likeness (QED) is 0.630. The number of nitrogens with zero attached hydrogens (tertiary/aromatic N) is 2. The lowest BCUT2D eigenvalue weighted by molar-refractivity contribution is -0.126. The van der Waals surface area contributed by atoms with Gasteiger partial charge in [-0.05, 0) is 48.7 Å². The van der Waals surface area contributed by atoms with Gasteiger partial charge in [0.25, 0.3) is 0 Å². The van der Waals surface area contributed by atoms with Crippen LogP contribution in [0.1, 0.15) is 18.4 Å². The lowest BCUT2D eigenvalue weighted by Gasteiger charge is -2.30. The second-order valence-corrected chi connectivity index (χ2v) is 10.5. The van der Waals surface area contributed by atoms with E-state index in [2.05, 4.69) is 5.32 Å². The minimum atomic E-state index is -3.70. The Hall–Kier alpha value is -2.56. The molecule has 10 heteroatoms. The highest BCUT2D eigenvalue weighted by atomic mass is 32.2. The zero-order valence-electron chi connectivity index (χ0n) is 16.9. The van der Waals surface area contributed by atoms with Crippen LogP contribution in [-0.2, 0) is 28.4 Å². The molecule has 0 spiro atoms. The van der Waals surface area contributed by atoms with Crippen LogP contribution in [0.2, 0.25) is 0 Å². The minimum Gasteiger partial charge on any atom is -0.352 e. The van der Waals surface area contributed by atoms with E-state index in [9.17, 15) is 22.4 Å². The van der Waals surface area contributed by atoms with E-state index in [0.29, 0.717) is 29.6 Å². The van der Waals surface area contributed by atoms with Gasteiger partial charge < -0.3 is 9.88 Å². The summed E-state index contributed by atoms with van der Waals surface area (Å²) in [6.45, 7) is 0.803. The van der Waals surface area contributed by atoms with Gasteiger partial charge >= 0.3 is 4.87 Å². The fourth-order valence-corrected chi connectivity index (χ4v) is 6.21. The summed E-state index contributed by atoms with van der Waals surface area (Å²) in [6, 6.07) is 10.6. The Labute approximate surface area is 183 Å². The van der Waals surface area contributed by atoms with Crippen LogP contribution in [0.4, 0.5) is 4.39 Å². The van der Waals surface area contributed by atoms with Crippen molar-refractivity contribution in [2.24, 2.45) is 13.0 Å². The molecule has 1 aliphatic rings. The first kappa shape index (κ1) is 21.7. The van der Waals surface area contributed by atoms with Crippen molar-refractivity contribution in [2.45, 2.75) is 24.3 Å². The number of fused-ring (bicyclic) bond motifs is 1. The van der Waals surface area contributed by atoms with Crippen molar-refractivity contribution in [2.75, 3.05) is 13.1 Å². The number of benzene rings is 2. The number of aromatic nitrogens is 1. The summed E-state index contributed by atoms with van der Waals surface area (Å²) < 4.78 is 42.6. The van der Waals surface area contributed by atoms with E-state index in [0.717, 1.165) is 16.9 Å². The van der Waals surface area contributed by atoms with Gasteiger partial charge in [-0.1, -0.05) is 23.5 Å². The van der Waals surface area contributed by atoms with E-state index in [4.69, 9.17) is 0 Å². The largest absolute Gasteiger partial charge is 0.352 e. The molecule has 1 amide bonds. The molecule has 0 atom stereocenters. The van der Waals surface area contributed by atoms with Gasteiger partial charge in [-0.25, -0.2) is 12.8 Å². The molecule has 31 heavy (non-hydrogen) atoms. The standard InChI is InChI=1S/C21H22FN3O4S2/c1-24-18-7-6-17(12-19(18)30-21(24)27)31(28,29)25-10-8-15(9-11-25)20(26)23-13-14-2-4-16(22)5-3-14/h2-7,12,15H,8-11,13H2,1H3,(H,23,26). The maximum absolute atomic E-state index is 13.1. The highest BCUT2D eigenvalue weighted by Gasteiger charge is 2.32. The smallest absolute Gasteiger partial charge is 0.307 e. The Kier molecular flexibility index (Phi) is 5.96. The number of carbonyl (C=O) groups is 1. The third kappa shape index (κ3) is 4.41. The molecule has 0 aliphatic carbocycles. The van der Waals surface area contributed by atoms with Crippen LogP contribution in [-0.4, -0.2) is 36.3 Å².